The van der Waals surface area contributed by atoms with Gasteiger partial charge in [0.05, 0.1) is 6.54 Å². The number of aryl methyl sites for hydroxylation is 2. The highest BCUT2D eigenvalue weighted by Gasteiger charge is 2.17. The second kappa shape index (κ2) is 6.31. The molecular formula is C14H23NOS. The van der Waals surface area contributed by atoms with Crippen molar-refractivity contribution in [3.63, 3.8) is 0 Å². The highest BCUT2D eigenvalue weighted by molar-refractivity contribution is 7.12. The third kappa shape index (κ3) is 3.65. The minimum atomic E-state index is 0.258. The molecule has 0 fully saturated rings. The van der Waals surface area contributed by atoms with Crippen molar-refractivity contribution in [3.8, 4) is 0 Å². The number of nitrogens with zero attached hydrogens (tertiary/aromatic N) is 1. The molecule has 0 aliphatic heterocycles. The Morgan fingerprint density at radius 1 is 1.41 bits per heavy atom. The standard InChI is InChI=1S/C14H23NOS/c1-6-10(3)15(7-2)9-14(16)13-8-11(4)17-12(13)5/h8,10H,6-7,9H2,1-5H3. The predicted octanol–water partition coefficient (Wildman–Crippen LogP) is 3.67. The average molecular weight is 253 g/mol. The number of likely N-dealkylation sites (N-methyl/N-ethyl adjacent to an activating group) is 1. The van der Waals surface area contributed by atoms with Crippen molar-refractivity contribution in [1.29, 1.82) is 0 Å². The number of thiophene rings is 1. The molecule has 1 rings (SSSR count). The number of carbonyl (C=O) groups excluding carboxylic acids is 1. The normalized spacial score (nSPS) is 13.1. The van der Waals surface area contributed by atoms with Crippen molar-refractivity contribution in [1.82, 2.24) is 4.90 Å². The minimum Gasteiger partial charge on any atom is -0.293 e. The molecule has 2 nitrogen and oxygen atoms in total. The van der Waals surface area contributed by atoms with Gasteiger partial charge < -0.3 is 0 Å². The molecule has 0 amide bonds. The van der Waals surface area contributed by atoms with Crippen LogP contribution in [0, 0.1) is 13.8 Å². The van der Waals surface area contributed by atoms with Gasteiger partial charge in [-0.15, -0.1) is 11.3 Å². The zero-order valence-corrected chi connectivity index (χ0v) is 12.4. The van der Waals surface area contributed by atoms with Crippen molar-refractivity contribution in [2.75, 3.05) is 13.1 Å². The van der Waals surface area contributed by atoms with Gasteiger partial charge in [0.25, 0.3) is 0 Å². The van der Waals surface area contributed by atoms with Crippen molar-refractivity contribution in [2.45, 2.75) is 47.1 Å². The van der Waals surface area contributed by atoms with E-state index in [9.17, 15) is 4.79 Å². The Kier molecular flexibility index (Phi) is 5.34. The molecule has 0 saturated carbocycles. The van der Waals surface area contributed by atoms with E-state index in [1.54, 1.807) is 11.3 Å². The molecule has 17 heavy (non-hydrogen) atoms. The minimum absolute atomic E-state index is 0.258. The van der Waals surface area contributed by atoms with Crippen LogP contribution in [0.5, 0.6) is 0 Å². The van der Waals surface area contributed by atoms with Crippen LogP contribution in [0.1, 0.15) is 47.3 Å². The van der Waals surface area contributed by atoms with Crippen LogP contribution >= 0.6 is 11.3 Å². The molecule has 1 unspecified atom stereocenters. The van der Waals surface area contributed by atoms with Crippen LogP contribution in [-0.4, -0.2) is 29.8 Å². The first-order valence-corrected chi connectivity index (χ1v) is 7.15. The average Bonchev–Trinajstić information content (AvgIpc) is 2.64. The fourth-order valence-corrected chi connectivity index (χ4v) is 2.96. The molecule has 1 aromatic heterocycles. The first-order valence-electron chi connectivity index (χ1n) is 6.33. The maximum Gasteiger partial charge on any atom is 0.177 e. The lowest BCUT2D eigenvalue weighted by atomic mass is 10.1. The summed E-state index contributed by atoms with van der Waals surface area (Å²) in [5, 5.41) is 0. The van der Waals surface area contributed by atoms with Crippen molar-refractivity contribution in [2.24, 2.45) is 0 Å². The third-order valence-electron chi connectivity index (χ3n) is 3.31. The van der Waals surface area contributed by atoms with Gasteiger partial charge in [-0.3, -0.25) is 9.69 Å². The number of hydrogen-bond acceptors (Lipinski definition) is 3. The van der Waals surface area contributed by atoms with Gasteiger partial charge in [-0.2, -0.15) is 0 Å². The van der Waals surface area contributed by atoms with Crippen molar-refractivity contribution < 1.29 is 4.79 Å². The lowest BCUT2D eigenvalue weighted by molar-refractivity contribution is 0.0902. The van der Waals surface area contributed by atoms with Crippen LogP contribution in [0.2, 0.25) is 0 Å². The zero-order chi connectivity index (χ0) is 13.0. The van der Waals surface area contributed by atoms with Gasteiger partial charge >= 0.3 is 0 Å². The number of carbonyl (C=O) groups is 1. The van der Waals surface area contributed by atoms with Gasteiger partial charge in [-0.1, -0.05) is 13.8 Å². The second-order valence-corrected chi connectivity index (χ2v) is 6.03. The summed E-state index contributed by atoms with van der Waals surface area (Å²) in [6, 6.07) is 2.50. The molecule has 1 heterocycles. The molecule has 96 valence electrons. The lowest BCUT2D eigenvalue weighted by Gasteiger charge is -2.26. The lowest BCUT2D eigenvalue weighted by Crippen LogP contribution is -2.36. The van der Waals surface area contributed by atoms with Crippen LogP contribution in [0.3, 0.4) is 0 Å². The Hall–Kier alpha value is -0.670. The van der Waals surface area contributed by atoms with Crippen LogP contribution < -0.4 is 0 Å². The van der Waals surface area contributed by atoms with Crippen LogP contribution in [0.25, 0.3) is 0 Å². The first-order chi connectivity index (χ1) is 7.99. The summed E-state index contributed by atoms with van der Waals surface area (Å²) in [6.45, 7) is 12.0. The van der Waals surface area contributed by atoms with Gasteiger partial charge in [-0.05, 0) is 39.8 Å². The summed E-state index contributed by atoms with van der Waals surface area (Å²) in [6.07, 6.45) is 1.09. The van der Waals surface area contributed by atoms with Crippen LogP contribution in [-0.2, 0) is 0 Å². The predicted molar refractivity (Wildman–Crippen MR) is 75.1 cm³/mol. The maximum atomic E-state index is 12.2. The summed E-state index contributed by atoms with van der Waals surface area (Å²) in [7, 11) is 0. The smallest absolute Gasteiger partial charge is 0.177 e. The maximum absolute atomic E-state index is 12.2. The number of rotatable bonds is 6. The van der Waals surface area contributed by atoms with E-state index in [0.29, 0.717) is 12.6 Å². The van der Waals surface area contributed by atoms with E-state index < -0.39 is 0 Å². The molecule has 0 N–H and O–H groups in total. The Bertz CT molecular complexity index is 384. The Labute approximate surface area is 109 Å². The van der Waals surface area contributed by atoms with Crippen LogP contribution in [0.15, 0.2) is 6.07 Å². The second-order valence-electron chi connectivity index (χ2n) is 4.57. The first kappa shape index (κ1) is 14.4. The van der Waals surface area contributed by atoms with Gasteiger partial charge in [-0.25, -0.2) is 0 Å². The van der Waals surface area contributed by atoms with E-state index in [1.165, 1.54) is 4.88 Å². The number of ketones is 1. The number of hydrogen-bond donors (Lipinski definition) is 0. The van der Waals surface area contributed by atoms with Gasteiger partial charge in [0.1, 0.15) is 0 Å². The summed E-state index contributed by atoms with van der Waals surface area (Å²) in [5.74, 6) is 0.258. The van der Waals surface area contributed by atoms with Crippen molar-refractivity contribution in [3.05, 3.63) is 21.4 Å². The van der Waals surface area contributed by atoms with E-state index in [1.807, 2.05) is 13.0 Å². The molecule has 0 bridgehead atoms. The molecule has 3 heteroatoms. The fourth-order valence-electron chi connectivity index (χ4n) is 2.01. The summed E-state index contributed by atoms with van der Waals surface area (Å²) in [5.41, 5.74) is 0.911. The zero-order valence-electron chi connectivity index (χ0n) is 11.5. The monoisotopic (exact) mass is 253 g/mol. The summed E-state index contributed by atoms with van der Waals surface area (Å²) < 4.78 is 0. The molecule has 0 radical (unpaired) electrons. The molecular weight excluding hydrogens is 230 g/mol. The van der Waals surface area contributed by atoms with E-state index >= 15 is 0 Å². The Morgan fingerprint density at radius 2 is 2.06 bits per heavy atom. The molecule has 0 aliphatic rings. The molecule has 0 aliphatic carbocycles. The molecule has 0 saturated heterocycles. The molecule has 0 aromatic carbocycles. The van der Waals surface area contributed by atoms with E-state index in [4.69, 9.17) is 0 Å². The van der Waals surface area contributed by atoms with E-state index in [-0.39, 0.29) is 5.78 Å². The van der Waals surface area contributed by atoms with Crippen molar-refractivity contribution >= 4 is 17.1 Å². The molecule has 1 aromatic rings. The van der Waals surface area contributed by atoms with Gasteiger partial charge in [0.2, 0.25) is 0 Å². The Balaban J connectivity index is 2.74. The Morgan fingerprint density at radius 3 is 2.47 bits per heavy atom. The summed E-state index contributed by atoms with van der Waals surface area (Å²) in [4.78, 5) is 16.8. The fraction of sp³-hybridized carbons (Fsp3) is 0.643. The topological polar surface area (TPSA) is 20.3 Å². The van der Waals surface area contributed by atoms with E-state index in [0.717, 1.165) is 23.4 Å². The SMILES string of the molecule is CCC(C)N(CC)CC(=O)c1cc(C)sc1C. The largest absolute Gasteiger partial charge is 0.293 e. The van der Waals surface area contributed by atoms with Gasteiger partial charge in [0, 0.05) is 21.4 Å². The third-order valence-corrected chi connectivity index (χ3v) is 4.27. The highest BCUT2D eigenvalue weighted by Crippen LogP contribution is 2.21. The number of Topliss-reactive ketones (excluding diaryl/α,β-unsaturated/α-hetero) is 1. The quantitative estimate of drug-likeness (QED) is 0.721. The summed E-state index contributed by atoms with van der Waals surface area (Å²) >= 11 is 1.71. The highest BCUT2D eigenvalue weighted by atomic mass is 32.1. The van der Waals surface area contributed by atoms with Crippen LogP contribution in [0.4, 0.5) is 0 Å². The molecule has 1 atom stereocenters. The van der Waals surface area contributed by atoms with Gasteiger partial charge in [0.15, 0.2) is 5.78 Å². The molecule has 0 spiro atoms. The van der Waals surface area contributed by atoms with E-state index in [2.05, 4.69) is 32.6 Å².